The molecule has 19 heavy (non-hydrogen) atoms. The molecular weight excluding hydrogens is 234 g/mol. The molecule has 100 valence electrons. The molecule has 2 N–H and O–H groups in total. The summed E-state index contributed by atoms with van der Waals surface area (Å²) in [6.45, 7) is 5.71. The molecule has 1 aromatic heterocycles. The van der Waals surface area contributed by atoms with Crippen molar-refractivity contribution in [1.82, 2.24) is 9.88 Å². The first kappa shape index (κ1) is 13.7. The smallest absolute Gasteiger partial charge is 0.0271 e. The first-order valence-corrected chi connectivity index (χ1v) is 6.71. The van der Waals surface area contributed by atoms with Gasteiger partial charge in [-0.1, -0.05) is 31.2 Å². The molecule has 2 rings (SSSR count). The van der Waals surface area contributed by atoms with Crippen LogP contribution in [0.3, 0.4) is 0 Å². The zero-order valence-corrected chi connectivity index (χ0v) is 11.4. The third-order valence-electron chi connectivity index (χ3n) is 3.24. The minimum absolute atomic E-state index is 0.602. The molecule has 0 amide bonds. The Morgan fingerprint density at radius 1 is 1.00 bits per heavy atom. The standard InChI is InChI=1S/C16H21N3/c1-2-19(12-14-6-8-18-9-7-14)13-16-5-3-4-15(10-16)11-17/h3-10H,2,11-13,17H2,1H3. The monoisotopic (exact) mass is 255 g/mol. The first-order chi connectivity index (χ1) is 9.31. The summed E-state index contributed by atoms with van der Waals surface area (Å²) in [5, 5.41) is 0. The molecule has 0 aliphatic heterocycles. The van der Waals surface area contributed by atoms with Crippen LogP contribution in [0.15, 0.2) is 48.8 Å². The van der Waals surface area contributed by atoms with Crippen LogP contribution in [0.25, 0.3) is 0 Å². The maximum atomic E-state index is 5.69. The van der Waals surface area contributed by atoms with Crippen molar-refractivity contribution in [3.05, 3.63) is 65.5 Å². The van der Waals surface area contributed by atoms with Crippen LogP contribution in [0.2, 0.25) is 0 Å². The van der Waals surface area contributed by atoms with Gasteiger partial charge < -0.3 is 5.73 Å². The number of nitrogens with two attached hydrogens (primary N) is 1. The zero-order valence-electron chi connectivity index (χ0n) is 11.4. The maximum absolute atomic E-state index is 5.69. The van der Waals surface area contributed by atoms with Gasteiger partial charge in [0, 0.05) is 32.0 Å². The lowest BCUT2D eigenvalue weighted by atomic mass is 10.1. The van der Waals surface area contributed by atoms with Crippen LogP contribution in [0.5, 0.6) is 0 Å². The van der Waals surface area contributed by atoms with Crippen molar-refractivity contribution < 1.29 is 0 Å². The van der Waals surface area contributed by atoms with E-state index in [1.165, 1.54) is 16.7 Å². The van der Waals surface area contributed by atoms with Gasteiger partial charge >= 0.3 is 0 Å². The molecule has 2 aromatic rings. The molecule has 0 spiro atoms. The minimum atomic E-state index is 0.602. The van der Waals surface area contributed by atoms with Crippen LogP contribution in [0.4, 0.5) is 0 Å². The van der Waals surface area contributed by atoms with Crippen molar-refractivity contribution in [2.24, 2.45) is 5.73 Å². The molecule has 3 heteroatoms. The van der Waals surface area contributed by atoms with Gasteiger partial charge in [-0.15, -0.1) is 0 Å². The number of hydrogen-bond acceptors (Lipinski definition) is 3. The fourth-order valence-corrected chi connectivity index (χ4v) is 2.14. The van der Waals surface area contributed by atoms with E-state index in [0.717, 1.165) is 19.6 Å². The van der Waals surface area contributed by atoms with E-state index in [9.17, 15) is 0 Å². The molecule has 1 aromatic carbocycles. The van der Waals surface area contributed by atoms with E-state index in [1.54, 1.807) is 0 Å². The van der Waals surface area contributed by atoms with Crippen molar-refractivity contribution >= 4 is 0 Å². The third kappa shape index (κ3) is 4.16. The summed E-state index contributed by atoms with van der Waals surface area (Å²) >= 11 is 0. The second-order valence-corrected chi connectivity index (χ2v) is 4.68. The summed E-state index contributed by atoms with van der Waals surface area (Å²) in [7, 11) is 0. The molecule has 3 nitrogen and oxygen atoms in total. The Hall–Kier alpha value is -1.71. The molecule has 0 bridgehead atoms. The topological polar surface area (TPSA) is 42.2 Å². The van der Waals surface area contributed by atoms with E-state index in [2.05, 4.69) is 53.2 Å². The highest BCUT2D eigenvalue weighted by Crippen LogP contribution is 2.11. The maximum Gasteiger partial charge on any atom is 0.0271 e. The predicted molar refractivity (Wildman–Crippen MR) is 78.4 cm³/mol. The van der Waals surface area contributed by atoms with E-state index in [0.29, 0.717) is 6.54 Å². The Morgan fingerprint density at radius 3 is 2.37 bits per heavy atom. The molecule has 0 saturated heterocycles. The lowest BCUT2D eigenvalue weighted by Gasteiger charge is -2.20. The van der Waals surface area contributed by atoms with Gasteiger partial charge in [-0.2, -0.15) is 0 Å². The minimum Gasteiger partial charge on any atom is -0.326 e. The normalized spacial score (nSPS) is 10.9. The fourth-order valence-electron chi connectivity index (χ4n) is 2.14. The molecule has 1 heterocycles. The average Bonchev–Trinajstić information content (AvgIpc) is 2.48. The highest BCUT2D eigenvalue weighted by Gasteiger charge is 2.05. The number of pyridine rings is 1. The van der Waals surface area contributed by atoms with Crippen LogP contribution < -0.4 is 5.73 Å². The van der Waals surface area contributed by atoms with Gasteiger partial charge in [-0.3, -0.25) is 9.88 Å². The van der Waals surface area contributed by atoms with Gasteiger partial charge in [0.15, 0.2) is 0 Å². The van der Waals surface area contributed by atoms with Crippen molar-refractivity contribution in [1.29, 1.82) is 0 Å². The number of aromatic nitrogens is 1. The lowest BCUT2D eigenvalue weighted by Crippen LogP contribution is -2.22. The summed E-state index contributed by atoms with van der Waals surface area (Å²) in [5.74, 6) is 0. The van der Waals surface area contributed by atoms with Crippen LogP contribution in [0.1, 0.15) is 23.6 Å². The molecule has 0 atom stereocenters. The second-order valence-electron chi connectivity index (χ2n) is 4.68. The molecular formula is C16H21N3. The quantitative estimate of drug-likeness (QED) is 0.862. The van der Waals surface area contributed by atoms with Crippen LogP contribution >= 0.6 is 0 Å². The first-order valence-electron chi connectivity index (χ1n) is 6.71. The van der Waals surface area contributed by atoms with Crippen molar-refractivity contribution in [3.8, 4) is 0 Å². The number of nitrogens with zero attached hydrogens (tertiary/aromatic N) is 2. The summed E-state index contributed by atoms with van der Waals surface area (Å²) in [4.78, 5) is 6.46. The lowest BCUT2D eigenvalue weighted by molar-refractivity contribution is 0.271. The van der Waals surface area contributed by atoms with Crippen molar-refractivity contribution in [3.63, 3.8) is 0 Å². The van der Waals surface area contributed by atoms with Crippen LogP contribution in [0, 0.1) is 0 Å². The Morgan fingerprint density at radius 2 is 1.68 bits per heavy atom. The van der Waals surface area contributed by atoms with Gasteiger partial charge in [0.2, 0.25) is 0 Å². The Balaban J connectivity index is 2.02. The summed E-state index contributed by atoms with van der Waals surface area (Å²) < 4.78 is 0. The van der Waals surface area contributed by atoms with Crippen molar-refractivity contribution in [2.75, 3.05) is 6.54 Å². The van der Waals surface area contributed by atoms with Gasteiger partial charge in [-0.05, 0) is 35.4 Å². The van der Waals surface area contributed by atoms with Gasteiger partial charge in [0.1, 0.15) is 0 Å². The zero-order chi connectivity index (χ0) is 13.5. The van der Waals surface area contributed by atoms with E-state index in [-0.39, 0.29) is 0 Å². The molecule has 0 saturated carbocycles. The Labute approximate surface area is 115 Å². The molecule has 0 fully saturated rings. The number of rotatable bonds is 6. The second kappa shape index (κ2) is 7.02. The third-order valence-corrected chi connectivity index (χ3v) is 3.24. The molecule has 0 aliphatic rings. The van der Waals surface area contributed by atoms with Crippen molar-refractivity contribution in [2.45, 2.75) is 26.6 Å². The van der Waals surface area contributed by atoms with Crippen LogP contribution in [-0.4, -0.2) is 16.4 Å². The highest BCUT2D eigenvalue weighted by molar-refractivity contribution is 5.23. The largest absolute Gasteiger partial charge is 0.326 e. The Bertz CT molecular complexity index is 496. The van der Waals surface area contributed by atoms with Gasteiger partial charge in [0.25, 0.3) is 0 Å². The summed E-state index contributed by atoms with van der Waals surface area (Å²) in [5.41, 5.74) is 9.49. The summed E-state index contributed by atoms with van der Waals surface area (Å²) in [6, 6.07) is 12.6. The predicted octanol–water partition coefficient (Wildman–Crippen LogP) is 2.56. The highest BCUT2D eigenvalue weighted by atomic mass is 15.1. The molecule has 0 aliphatic carbocycles. The van der Waals surface area contributed by atoms with E-state index in [4.69, 9.17) is 5.73 Å². The SMILES string of the molecule is CCN(Cc1ccncc1)Cc1cccc(CN)c1. The molecule has 0 radical (unpaired) electrons. The average molecular weight is 255 g/mol. The molecule has 0 unspecified atom stereocenters. The Kier molecular flexibility index (Phi) is 5.07. The van der Waals surface area contributed by atoms with E-state index in [1.807, 2.05) is 12.4 Å². The van der Waals surface area contributed by atoms with Crippen LogP contribution in [-0.2, 0) is 19.6 Å². The number of hydrogen-bond donors (Lipinski definition) is 1. The van der Waals surface area contributed by atoms with Gasteiger partial charge in [0.05, 0.1) is 0 Å². The van der Waals surface area contributed by atoms with E-state index < -0.39 is 0 Å². The van der Waals surface area contributed by atoms with E-state index >= 15 is 0 Å². The summed E-state index contributed by atoms with van der Waals surface area (Å²) in [6.07, 6.45) is 3.69. The fraction of sp³-hybridized carbons (Fsp3) is 0.312. The van der Waals surface area contributed by atoms with Gasteiger partial charge in [-0.25, -0.2) is 0 Å². The number of benzene rings is 1.